The number of rotatable bonds is 9. The molecule has 0 aromatic heterocycles. The third-order valence-corrected chi connectivity index (χ3v) is 7.67. The molecule has 3 rings (SSSR count). The zero-order chi connectivity index (χ0) is 29.2. The summed E-state index contributed by atoms with van der Waals surface area (Å²) in [5, 5.41) is 12.4. The number of benzene rings is 2. The first-order valence-electron chi connectivity index (χ1n) is 12.8. The van der Waals surface area contributed by atoms with E-state index < -0.39 is 61.1 Å². The topological polar surface area (TPSA) is 41.5 Å². The van der Waals surface area contributed by atoms with E-state index in [0.29, 0.717) is 17.1 Å². The molecule has 1 saturated carbocycles. The predicted molar refractivity (Wildman–Crippen MR) is 131 cm³/mol. The fraction of sp³-hybridized carbons (Fsp3) is 0.571. The van der Waals surface area contributed by atoms with E-state index in [1.807, 2.05) is 32.0 Å². The van der Waals surface area contributed by atoms with Crippen molar-refractivity contribution in [1.29, 1.82) is 0 Å². The minimum atomic E-state index is -5.68. The summed E-state index contributed by atoms with van der Waals surface area (Å²) in [4.78, 5) is 0. The van der Waals surface area contributed by atoms with E-state index in [1.165, 1.54) is 0 Å². The molecule has 2 unspecified atom stereocenters. The molecule has 2 N–H and O–H groups in total. The fourth-order valence-electron chi connectivity index (χ4n) is 5.13. The highest BCUT2D eigenvalue weighted by Gasteiger charge is 2.62. The molecular formula is C28H33F8NO2. The summed E-state index contributed by atoms with van der Waals surface area (Å²) in [6.07, 6.45) is -14.3. The van der Waals surface area contributed by atoms with Crippen LogP contribution in [-0.4, -0.2) is 36.0 Å². The van der Waals surface area contributed by atoms with Crippen LogP contribution in [0.1, 0.15) is 63.5 Å². The van der Waals surface area contributed by atoms with Crippen molar-refractivity contribution in [3.05, 3.63) is 59.7 Å². The summed E-state index contributed by atoms with van der Waals surface area (Å²) in [5.41, 5.74) is 0.202. The molecule has 3 nitrogen and oxygen atoms in total. The third kappa shape index (κ3) is 7.22. The van der Waals surface area contributed by atoms with Crippen molar-refractivity contribution in [3.63, 3.8) is 0 Å². The first kappa shape index (κ1) is 31.1. The zero-order valence-corrected chi connectivity index (χ0v) is 21.8. The number of aliphatic hydroxyl groups excluding tert-OH is 1. The molecule has 0 amide bonds. The van der Waals surface area contributed by atoms with Crippen LogP contribution in [0.15, 0.2) is 48.5 Å². The Morgan fingerprint density at radius 2 is 1.38 bits per heavy atom. The highest BCUT2D eigenvalue weighted by molar-refractivity contribution is 5.39. The van der Waals surface area contributed by atoms with Crippen LogP contribution in [0.25, 0.3) is 0 Å². The molecule has 1 fully saturated rings. The van der Waals surface area contributed by atoms with E-state index in [2.05, 4.69) is 5.32 Å². The largest absolute Gasteiger partial charge is 0.457 e. The summed E-state index contributed by atoms with van der Waals surface area (Å²) in [6, 6.07) is 13.9. The van der Waals surface area contributed by atoms with E-state index in [-0.39, 0.29) is 18.8 Å². The summed E-state index contributed by atoms with van der Waals surface area (Å²) >= 11 is 0. The maximum atomic E-state index is 14.0. The van der Waals surface area contributed by atoms with Crippen LogP contribution in [0.5, 0.6) is 11.5 Å². The fourth-order valence-corrected chi connectivity index (χ4v) is 5.13. The van der Waals surface area contributed by atoms with Crippen molar-refractivity contribution >= 4 is 0 Å². The molecule has 2 atom stereocenters. The summed E-state index contributed by atoms with van der Waals surface area (Å²) in [7, 11) is 0. The summed E-state index contributed by atoms with van der Waals surface area (Å²) < 4.78 is 112. The minimum absolute atomic E-state index is 0.0799. The first-order chi connectivity index (χ1) is 17.9. The van der Waals surface area contributed by atoms with Gasteiger partial charge in [0.15, 0.2) is 6.10 Å². The number of hydrogen-bond donors (Lipinski definition) is 2. The minimum Gasteiger partial charge on any atom is -0.457 e. The molecule has 39 heavy (non-hydrogen) atoms. The maximum absolute atomic E-state index is 14.0. The lowest BCUT2D eigenvalue weighted by Crippen LogP contribution is -2.53. The van der Waals surface area contributed by atoms with Gasteiger partial charge in [-0.25, -0.2) is 0 Å². The SMILES string of the molecule is CC(C)c1cccc(Oc2cccc(C(C)(NCC(O)C(F)(F)F)C3CCC(C(F)(F)C(F)(F)F)CC3)c2)c1. The van der Waals surface area contributed by atoms with E-state index in [0.717, 1.165) is 5.56 Å². The number of ether oxygens (including phenoxy) is 1. The smallest absolute Gasteiger partial charge is 0.453 e. The zero-order valence-electron chi connectivity index (χ0n) is 21.8. The Hall–Kier alpha value is -2.40. The van der Waals surface area contributed by atoms with Crippen molar-refractivity contribution in [1.82, 2.24) is 5.32 Å². The van der Waals surface area contributed by atoms with E-state index in [1.54, 1.807) is 37.3 Å². The number of halogens is 8. The molecule has 0 radical (unpaired) electrons. The van der Waals surface area contributed by atoms with Crippen molar-refractivity contribution in [3.8, 4) is 11.5 Å². The Kier molecular flexibility index (Phi) is 9.26. The van der Waals surface area contributed by atoms with Crippen LogP contribution in [0, 0.1) is 11.8 Å². The Balaban J connectivity index is 1.89. The van der Waals surface area contributed by atoms with E-state index >= 15 is 0 Å². The molecule has 2 aromatic carbocycles. The number of alkyl halides is 8. The van der Waals surface area contributed by atoms with Gasteiger partial charge in [0, 0.05) is 18.0 Å². The van der Waals surface area contributed by atoms with Crippen LogP contribution in [0.3, 0.4) is 0 Å². The molecule has 0 aliphatic heterocycles. The second-order valence-corrected chi connectivity index (χ2v) is 10.7. The van der Waals surface area contributed by atoms with Crippen molar-refractivity contribution in [2.45, 2.75) is 82.3 Å². The Morgan fingerprint density at radius 3 is 1.92 bits per heavy atom. The van der Waals surface area contributed by atoms with E-state index in [4.69, 9.17) is 4.74 Å². The number of hydrogen-bond acceptors (Lipinski definition) is 3. The van der Waals surface area contributed by atoms with Crippen LogP contribution in [0.4, 0.5) is 35.1 Å². The van der Waals surface area contributed by atoms with Crippen LogP contribution >= 0.6 is 0 Å². The lowest BCUT2D eigenvalue weighted by Gasteiger charge is -2.44. The second-order valence-electron chi connectivity index (χ2n) is 10.7. The van der Waals surface area contributed by atoms with Gasteiger partial charge in [0.05, 0.1) is 0 Å². The average Bonchev–Trinajstić information content (AvgIpc) is 2.86. The second kappa shape index (κ2) is 11.6. The average molecular weight is 568 g/mol. The van der Waals surface area contributed by atoms with Gasteiger partial charge in [-0.05, 0) is 79.8 Å². The van der Waals surface area contributed by atoms with Crippen LogP contribution < -0.4 is 10.1 Å². The van der Waals surface area contributed by atoms with Gasteiger partial charge in [-0.3, -0.25) is 0 Å². The molecule has 0 saturated heterocycles. The summed E-state index contributed by atoms with van der Waals surface area (Å²) in [5.74, 6) is -6.20. The molecule has 0 heterocycles. The Labute approximate surface area is 222 Å². The standard InChI is InChI=1S/C28H33F8NO2/c1-17(2)18-6-4-8-22(14-18)39-23-9-5-7-21(15-23)25(3,37-16-24(38)27(31,32)33)19-10-12-20(13-11-19)26(29,30)28(34,35)36/h4-9,14-15,17,19-20,24,37-38H,10-13,16H2,1-3H3. The summed E-state index contributed by atoms with van der Waals surface area (Å²) in [6.45, 7) is 4.72. The molecule has 0 bridgehead atoms. The van der Waals surface area contributed by atoms with Crippen LogP contribution in [0.2, 0.25) is 0 Å². The van der Waals surface area contributed by atoms with Crippen molar-refractivity contribution in [2.75, 3.05) is 6.54 Å². The third-order valence-electron chi connectivity index (χ3n) is 7.67. The molecule has 1 aliphatic rings. The van der Waals surface area contributed by atoms with Gasteiger partial charge in [0.1, 0.15) is 11.5 Å². The molecule has 11 heteroatoms. The van der Waals surface area contributed by atoms with Gasteiger partial charge >= 0.3 is 18.3 Å². The van der Waals surface area contributed by atoms with Gasteiger partial charge in [-0.1, -0.05) is 38.1 Å². The van der Waals surface area contributed by atoms with Gasteiger partial charge in [0.2, 0.25) is 0 Å². The van der Waals surface area contributed by atoms with Crippen LogP contribution in [-0.2, 0) is 5.54 Å². The van der Waals surface area contributed by atoms with E-state index in [9.17, 15) is 40.2 Å². The highest BCUT2D eigenvalue weighted by atomic mass is 19.4. The number of nitrogens with one attached hydrogen (secondary N) is 1. The highest BCUT2D eigenvalue weighted by Crippen LogP contribution is 2.50. The molecular weight excluding hydrogens is 534 g/mol. The van der Waals surface area contributed by atoms with Gasteiger partial charge in [-0.2, -0.15) is 35.1 Å². The van der Waals surface area contributed by atoms with Gasteiger partial charge in [-0.15, -0.1) is 0 Å². The maximum Gasteiger partial charge on any atom is 0.453 e. The molecule has 0 spiro atoms. The lowest BCUT2D eigenvalue weighted by atomic mass is 9.68. The monoisotopic (exact) mass is 567 g/mol. The molecule has 1 aliphatic carbocycles. The quantitative estimate of drug-likeness (QED) is 0.300. The van der Waals surface area contributed by atoms with Crippen molar-refractivity contribution in [2.24, 2.45) is 11.8 Å². The Morgan fingerprint density at radius 1 is 0.846 bits per heavy atom. The lowest BCUT2D eigenvalue weighted by molar-refractivity contribution is -0.306. The Bertz CT molecular complexity index is 1090. The van der Waals surface area contributed by atoms with Crippen molar-refractivity contribution < 1.29 is 45.0 Å². The molecule has 2 aromatic rings. The van der Waals surface area contributed by atoms with Gasteiger partial charge in [0.25, 0.3) is 0 Å². The normalized spacial score (nSPS) is 21.5. The number of aliphatic hydroxyl groups is 1. The first-order valence-corrected chi connectivity index (χ1v) is 12.8. The molecule has 218 valence electrons. The predicted octanol–water partition coefficient (Wildman–Crippen LogP) is 8.33. The van der Waals surface area contributed by atoms with Gasteiger partial charge < -0.3 is 15.2 Å².